The molecule has 0 unspecified atom stereocenters. The van der Waals surface area contributed by atoms with Crippen LogP contribution in [0.4, 0.5) is 0 Å². The number of rotatable bonds is 5. The first-order chi connectivity index (χ1) is 11.2. The minimum atomic E-state index is -0.127. The van der Waals surface area contributed by atoms with E-state index in [9.17, 15) is 4.79 Å². The van der Waals surface area contributed by atoms with E-state index in [0.717, 1.165) is 28.8 Å². The van der Waals surface area contributed by atoms with Crippen LogP contribution in [-0.4, -0.2) is 34.7 Å². The monoisotopic (exact) mass is 309 g/mol. The van der Waals surface area contributed by atoms with Crippen molar-refractivity contribution in [2.24, 2.45) is 0 Å². The lowest BCUT2D eigenvalue weighted by molar-refractivity contribution is 0.0955. The Balaban J connectivity index is 2.11. The molecule has 118 valence electrons. The Bertz CT molecular complexity index is 840. The molecule has 2 aromatic heterocycles. The summed E-state index contributed by atoms with van der Waals surface area (Å²) in [5, 5.41) is 14.1. The number of carbonyl (C=O) groups excluding carboxylic acids is 1. The van der Waals surface area contributed by atoms with E-state index in [-0.39, 0.29) is 5.91 Å². The van der Waals surface area contributed by atoms with Crippen molar-refractivity contribution in [3.8, 4) is 11.3 Å². The largest absolute Gasteiger partial charge is 0.352 e. The molecule has 6 heteroatoms. The average molecular weight is 309 g/mol. The molecule has 0 fully saturated rings. The summed E-state index contributed by atoms with van der Waals surface area (Å²) in [6, 6.07) is 9.94. The zero-order valence-corrected chi connectivity index (χ0v) is 13.2. The lowest BCUT2D eigenvalue weighted by atomic mass is 10.0. The fraction of sp³-hybridized carbons (Fsp3) is 0.235. The summed E-state index contributed by atoms with van der Waals surface area (Å²) in [5.74, 6) is -0.127. The van der Waals surface area contributed by atoms with E-state index in [1.807, 2.05) is 38.2 Å². The molecule has 2 heterocycles. The van der Waals surface area contributed by atoms with E-state index in [1.165, 1.54) is 0 Å². The first-order valence-corrected chi connectivity index (χ1v) is 7.59. The number of pyridine rings is 1. The summed E-state index contributed by atoms with van der Waals surface area (Å²) in [6.07, 6.45) is 1.55. The van der Waals surface area contributed by atoms with Crippen molar-refractivity contribution in [2.75, 3.05) is 13.6 Å². The van der Waals surface area contributed by atoms with Crippen LogP contribution in [0.25, 0.3) is 22.3 Å². The topological polar surface area (TPSA) is 82.7 Å². The second-order valence-electron chi connectivity index (χ2n) is 5.24. The number of hydrogen-bond donors (Lipinski definition) is 3. The van der Waals surface area contributed by atoms with E-state index in [1.54, 1.807) is 6.20 Å². The van der Waals surface area contributed by atoms with Crippen LogP contribution in [0.1, 0.15) is 22.8 Å². The van der Waals surface area contributed by atoms with Crippen LogP contribution in [0.5, 0.6) is 0 Å². The standard InChI is InChI=1S/C17H19N5O/c1-3-19-17(23)12-8-14-15(21-22-16(14)20-10-12)13-7-5-4-6-11(13)9-18-2/h4-8,10,18H,3,9H2,1-2H3,(H,19,23)(H,20,21,22). The average Bonchev–Trinajstić information content (AvgIpc) is 2.99. The number of fused-ring (bicyclic) bond motifs is 1. The lowest BCUT2D eigenvalue weighted by Gasteiger charge is -2.08. The summed E-state index contributed by atoms with van der Waals surface area (Å²) in [6.45, 7) is 3.22. The van der Waals surface area contributed by atoms with Gasteiger partial charge in [-0.3, -0.25) is 9.89 Å². The van der Waals surface area contributed by atoms with Gasteiger partial charge in [0.25, 0.3) is 5.91 Å². The molecule has 3 N–H and O–H groups in total. The van der Waals surface area contributed by atoms with Gasteiger partial charge in [0.15, 0.2) is 5.65 Å². The van der Waals surface area contributed by atoms with E-state index in [2.05, 4.69) is 31.9 Å². The minimum absolute atomic E-state index is 0.127. The van der Waals surface area contributed by atoms with Gasteiger partial charge in [-0.05, 0) is 25.6 Å². The van der Waals surface area contributed by atoms with Crippen molar-refractivity contribution < 1.29 is 4.79 Å². The van der Waals surface area contributed by atoms with Gasteiger partial charge in [0.2, 0.25) is 0 Å². The fourth-order valence-electron chi connectivity index (χ4n) is 2.60. The van der Waals surface area contributed by atoms with Gasteiger partial charge in [-0.2, -0.15) is 5.10 Å². The first kappa shape index (κ1) is 15.2. The molecule has 0 aliphatic heterocycles. The number of benzene rings is 1. The van der Waals surface area contributed by atoms with Gasteiger partial charge in [0.05, 0.1) is 11.3 Å². The number of amides is 1. The quantitative estimate of drug-likeness (QED) is 0.674. The summed E-state index contributed by atoms with van der Waals surface area (Å²) in [7, 11) is 1.91. The molecule has 0 spiro atoms. The van der Waals surface area contributed by atoms with E-state index in [0.29, 0.717) is 17.8 Å². The van der Waals surface area contributed by atoms with Crippen LogP contribution in [0, 0.1) is 0 Å². The van der Waals surface area contributed by atoms with Crippen LogP contribution in [0.3, 0.4) is 0 Å². The molecule has 6 nitrogen and oxygen atoms in total. The normalized spacial score (nSPS) is 10.9. The molecule has 0 bridgehead atoms. The number of aromatic nitrogens is 3. The van der Waals surface area contributed by atoms with Crippen LogP contribution in [0.15, 0.2) is 36.5 Å². The zero-order valence-electron chi connectivity index (χ0n) is 13.2. The molecule has 1 aromatic carbocycles. The van der Waals surface area contributed by atoms with Crippen molar-refractivity contribution in [3.05, 3.63) is 47.7 Å². The molecule has 0 saturated heterocycles. The molecule has 0 radical (unpaired) electrons. The highest BCUT2D eigenvalue weighted by Crippen LogP contribution is 2.28. The van der Waals surface area contributed by atoms with Crippen molar-refractivity contribution in [1.29, 1.82) is 0 Å². The molecule has 0 saturated carbocycles. The van der Waals surface area contributed by atoms with Gasteiger partial charge in [0, 0.05) is 30.2 Å². The minimum Gasteiger partial charge on any atom is -0.352 e. The smallest absolute Gasteiger partial charge is 0.252 e. The number of nitrogens with one attached hydrogen (secondary N) is 3. The third-order valence-corrected chi connectivity index (χ3v) is 3.66. The molecule has 0 aliphatic rings. The maximum atomic E-state index is 12.0. The Kier molecular flexibility index (Phi) is 4.34. The maximum absolute atomic E-state index is 12.0. The summed E-state index contributed by atoms with van der Waals surface area (Å²) in [5.41, 5.74) is 4.23. The Morgan fingerprint density at radius 2 is 2.13 bits per heavy atom. The van der Waals surface area contributed by atoms with Crippen molar-refractivity contribution >= 4 is 16.9 Å². The lowest BCUT2D eigenvalue weighted by Crippen LogP contribution is -2.22. The van der Waals surface area contributed by atoms with E-state index in [4.69, 9.17) is 0 Å². The third-order valence-electron chi connectivity index (χ3n) is 3.66. The molecule has 3 aromatic rings. The third kappa shape index (κ3) is 2.93. The Labute approximate surface area is 134 Å². The van der Waals surface area contributed by atoms with E-state index < -0.39 is 0 Å². The van der Waals surface area contributed by atoms with Crippen LogP contribution >= 0.6 is 0 Å². The summed E-state index contributed by atoms with van der Waals surface area (Å²) in [4.78, 5) is 16.3. The number of nitrogens with zero attached hydrogens (tertiary/aromatic N) is 2. The van der Waals surface area contributed by atoms with Gasteiger partial charge in [-0.15, -0.1) is 0 Å². The number of aromatic amines is 1. The Morgan fingerprint density at radius 3 is 2.91 bits per heavy atom. The Hall–Kier alpha value is -2.73. The van der Waals surface area contributed by atoms with Crippen LogP contribution in [0.2, 0.25) is 0 Å². The van der Waals surface area contributed by atoms with Crippen LogP contribution < -0.4 is 10.6 Å². The number of H-pyrrole nitrogens is 1. The molecule has 23 heavy (non-hydrogen) atoms. The Morgan fingerprint density at radius 1 is 1.30 bits per heavy atom. The van der Waals surface area contributed by atoms with Gasteiger partial charge in [-0.1, -0.05) is 24.3 Å². The van der Waals surface area contributed by atoms with Gasteiger partial charge >= 0.3 is 0 Å². The molecule has 1 amide bonds. The summed E-state index contributed by atoms with van der Waals surface area (Å²) >= 11 is 0. The predicted molar refractivity (Wildman–Crippen MR) is 90.1 cm³/mol. The van der Waals surface area contributed by atoms with Crippen molar-refractivity contribution in [2.45, 2.75) is 13.5 Å². The van der Waals surface area contributed by atoms with Crippen LogP contribution in [-0.2, 0) is 6.54 Å². The second kappa shape index (κ2) is 6.58. The molecule has 0 atom stereocenters. The first-order valence-electron chi connectivity index (χ1n) is 7.59. The maximum Gasteiger partial charge on any atom is 0.252 e. The van der Waals surface area contributed by atoms with Crippen molar-refractivity contribution in [3.63, 3.8) is 0 Å². The molecule has 3 rings (SSSR count). The second-order valence-corrected chi connectivity index (χ2v) is 5.24. The SMILES string of the molecule is CCNC(=O)c1cnc2n[nH]c(-c3ccccc3CNC)c2c1. The molecular weight excluding hydrogens is 290 g/mol. The van der Waals surface area contributed by atoms with Gasteiger partial charge in [-0.25, -0.2) is 4.98 Å². The molecular formula is C17H19N5O. The zero-order chi connectivity index (χ0) is 16.2. The molecule has 0 aliphatic carbocycles. The van der Waals surface area contributed by atoms with Gasteiger partial charge in [0.1, 0.15) is 0 Å². The highest BCUT2D eigenvalue weighted by atomic mass is 16.1. The summed E-state index contributed by atoms with van der Waals surface area (Å²) < 4.78 is 0. The number of carbonyl (C=O) groups is 1. The number of hydrogen-bond acceptors (Lipinski definition) is 4. The predicted octanol–water partition coefficient (Wildman–Crippen LogP) is 2.09. The van der Waals surface area contributed by atoms with Crippen molar-refractivity contribution in [1.82, 2.24) is 25.8 Å². The van der Waals surface area contributed by atoms with Gasteiger partial charge < -0.3 is 10.6 Å². The highest BCUT2D eigenvalue weighted by molar-refractivity contribution is 6.00. The fourth-order valence-corrected chi connectivity index (χ4v) is 2.60. The highest BCUT2D eigenvalue weighted by Gasteiger charge is 2.14. The van der Waals surface area contributed by atoms with E-state index >= 15 is 0 Å².